The van der Waals surface area contributed by atoms with Crippen molar-refractivity contribution >= 4 is 51.6 Å². The molecule has 0 saturated heterocycles. The summed E-state index contributed by atoms with van der Waals surface area (Å²) in [5.41, 5.74) is 7.15. The number of carbonyl (C=O) groups excluding carboxylic acids is 1. The molecule has 0 bridgehead atoms. The minimum atomic E-state index is -4.55. The van der Waals surface area contributed by atoms with Gasteiger partial charge in [-0.25, -0.2) is 15.0 Å². The first-order valence-corrected chi connectivity index (χ1v) is 9.79. The maximum atomic E-state index is 12.9. The molecular formula is C21H15ClF3N7O. The van der Waals surface area contributed by atoms with Crippen LogP contribution in [0.25, 0.3) is 11.0 Å². The van der Waals surface area contributed by atoms with Crippen LogP contribution < -0.4 is 16.4 Å². The predicted octanol–water partition coefficient (Wildman–Crippen LogP) is 4.98. The maximum Gasteiger partial charge on any atom is 0.416 e. The number of rotatable bonds is 4. The first-order chi connectivity index (χ1) is 15.6. The van der Waals surface area contributed by atoms with Gasteiger partial charge in [0, 0.05) is 16.9 Å². The lowest BCUT2D eigenvalue weighted by molar-refractivity contribution is -0.137. The van der Waals surface area contributed by atoms with E-state index in [1.807, 2.05) is 6.92 Å². The summed E-state index contributed by atoms with van der Waals surface area (Å²) in [4.78, 5) is 28.8. The molecule has 4 N–H and O–H groups in total. The Morgan fingerprint density at radius 1 is 1.06 bits per heavy atom. The number of benzene rings is 2. The van der Waals surface area contributed by atoms with Gasteiger partial charge in [-0.2, -0.15) is 18.2 Å². The monoisotopic (exact) mass is 473 g/mol. The number of aryl methyl sites for hydroxylation is 1. The van der Waals surface area contributed by atoms with E-state index in [-0.39, 0.29) is 16.7 Å². The summed E-state index contributed by atoms with van der Waals surface area (Å²) in [6.07, 6.45) is -3.26. The van der Waals surface area contributed by atoms with Crippen molar-refractivity contribution in [3.8, 4) is 0 Å². The summed E-state index contributed by atoms with van der Waals surface area (Å²) in [6, 6.07) is 9.15. The van der Waals surface area contributed by atoms with Crippen molar-refractivity contribution in [1.29, 1.82) is 0 Å². The summed E-state index contributed by atoms with van der Waals surface area (Å²) in [6.45, 7) is 1.82. The van der Waals surface area contributed by atoms with Gasteiger partial charge in [-0.3, -0.25) is 4.79 Å². The molecule has 12 heteroatoms. The molecule has 1 amide bonds. The van der Waals surface area contributed by atoms with Crippen molar-refractivity contribution in [2.75, 3.05) is 16.4 Å². The molecule has 0 unspecified atom stereocenters. The van der Waals surface area contributed by atoms with E-state index in [0.29, 0.717) is 28.2 Å². The third-order valence-electron chi connectivity index (χ3n) is 4.68. The molecule has 0 spiro atoms. The molecule has 4 aromatic rings. The SMILES string of the molecule is Cc1ccc(NC(=O)c2cccc(C(F)(F)F)c2)cc1Nc1ncnc2c(N)nc(Cl)nc12. The van der Waals surface area contributed by atoms with E-state index >= 15 is 0 Å². The number of hydrogen-bond acceptors (Lipinski definition) is 7. The van der Waals surface area contributed by atoms with Gasteiger partial charge in [0.25, 0.3) is 5.91 Å². The molecule has 8 nitrogen and oxygen atoms in total. The Bertz CT molecular complexity index is 1380. The normalized spacial score (nSPS) is 11.4. The zero-order valence-electron chi connectivity index (χ0n) is 16.9. The molecule has 0 saturated carbocycles. The fourth-order valence-corrected chi connectivity index (χ4v) is 3.21. The highest BCUT2D eigenvalue weighted by Crippen LogP contribution is 2.31. The Morgan fingerprint density at radius 3 is 2.61 bits per heavy atom. The molecular weight excluding hydrogens is 459 g/mol. The average Bonchev–Trinajstić information content (AvgIpc) is 2.76. The summed E-state index contributed by atoms with van der Waals surface area (Å²) < 4.78 is 38.8. The molecule has 4 rings (SSSR count). The first-order valence-electron chi connectivity index (χ1n) is 9.42. The van der Waals surface area contributed by atoms with Crippen LogP contribution in [0.4, 0.5) is 36.2 Å². The topological polar surface area (TPSA) is 119 Å². The first kappa shape index (κ1) is 22.2. The van der Waals surface area contributed by atoms with Crippen LogP contribution in [0.3, 0.4) is 0 Å². The zero-order chi connectivity index (χ0) is 23.8. The van der Waals surface area contributed by atoms with Crippen molar-refractivity contribution < 1.29 is 18.0 Å². The van der Waals surface area contributed by atoms with E-state index < -0.39 is 17.6 Å². The summed E-state index contributed by atoms with van der Waals surface area (Å²) in [7, 11) is 0. The Labute approximate surface area is 190 Å². The number of nitrogens with zero attached hydrogens (tertiary/aromatic N) is 4. The molecule has 0 aliphatic carbocycles. The standard InChI is InChI=1S/C21H15ClF3N7O/c1-10-5-6-13(29-19(33)11-3-2-4-12(7-11)21(23,24)25)8-14(10)30-18-16-15(27-9-28-18)17(26)32-20(22)31-16/h2-9H,1H3,(H,29,33)(H2,26,31,32)(H,27,28,30). The molecule has 0 aliphatic rings. The van der Waals surface area contributed by atoms with Crippen LogP contribution in [0, 0.1) is 6.92 Å². The zero-order valence-corrected chi connectivity index (χ0v) is 17.7. The van der Waals surface area contributed by atoms with E-state index in [4.69, 9.17) is 17.3 Å². The average molecular weight is 474 g/mol. The lowest BCUT2D eigenvalue weighted by Crippen LogP contribution is -2.14. The van der Waals surface area contributed by atoms with Crippen LogP contribution in [-0.2, 0) is 6.18 Å². The lowest BCUT2D eigenvalue weighted by atomic mass is 10.1. The second-order valence-electron chi connectivity index (χ2n) is 6.98. The van der Waals surface area contributed by atoms with Crippen LogP contribution >= 0.6 is 11.6 Å². The number of amides is 1. The fraction of sp³-hybridized carbons (Fsp3) is 0.0952. The van der Waals surface area contributed by atoms with E-state index in [0.717, 1.165) is 17.7 Å². The molecule has 0 radical (unpaired) electrons. The van der Waals surface area contributed by atoms with Crippen LogP contribution in [-0.4, -0.2) is 25.8 Å². The summed E-state index contributed by atoms with van der Waals surface area (Å²) in [5.74, 6) is -0.287. The second kappa shape index (κ2) is 8.51. The molecule has 33 heavy (non-hydrogen) atoms. The third-order valence-corrected chi connectivity index (χ3v) is 4.85. The number of nitrogens with one attached hydrogen (secondary N) is 2. The van der Waals surface area contributed by atoms with Gasteiger partial charge in [0.2, 0.25) is 5.28 Å². The molecule has 0 aliphatic heterocycles. The highest BCUT2D eigenvalue weighted by atomic mass is 35.5. The molecule has 0 fully saturated rings. The van der Waals surface area contributed by atoms with Gasteiger partial charge >= 0.3 is 6.18 Å². The minimum Gasteiger partial charge on any atom is -0.382 e. The van der Waals surface area contributed by atoms with E-state index in [1.54, 1.807) is 18.2 Å². The number of fused-ring (bicyclic) bond motifs is 1. The number of hydrogen-bond donors (Lipinski definition) is 3. The lowest BCUT2D eigenvalue weighted by Gasteiger charge is -2.13. The number of alkyl halides is 3. The number of carbonyl (C=O) groups is 1. The van der Waals surface area contributed by atoms with Gasteiger partial charge in [-0.15, -0.1) is 0 Å². The van der Waals surface area contributed by atoms with Crippen LogP contribution in [0.5, 0.6) is 0 Å². The van der Waals surface area contributed by atoms with Gasteiger partial charge in [-0.05, 0) is 54.4 Å². The minimum absolute atomic E-state index is 0.0725. The van der Waals surface area contributed by atoms with Gasteiger partial charge in [-0.1, -0.05) is 12.1 Å². The van der Waals surface area contributed by atoms with Crippen LogP contribution in [0.15, 0.2) is 48.8 Å². The van der Waals surface area contributed by atoms with Crippen molar-refractivity contribution in [3.05, 3.63) is 70.8 Å². The van der Waals surface area contributed by atoms with E-state index in [2.05, 4.69) is 30.6 Å². The molecule has 0 atom stereocenters. The van der Waals surface area contributed by atoms with Crippen LogP contribution in [0.2, 0.25) is 5.28 Å². The Morgan fingerprint density at radius 2 is 1.85 bits per heavy atom. The Kier molecular flexibility index (Phi) is 5.73. The van der Waals surface area contributed by atoms with Gasteiger partial charge in [0.1, 0.15) is 17.4 Å². The van der Waals surface area contributed by atoms with E-state index in [1.165, 1.54) is 18.5 Å². The predicted molar refractivity (Wildman–Crippen MR) is 118 cm³/mol. The highest BCUT2D eigenvalue weighted by Gasteiger charge is 2.30. The summed E-state index contributed by atoms with van der Waals surface area (Å²) >= 11 is 5.91. The summed E-state index contributed by atoms with van der Waals surface area (Å²) in [5, 5.41) is 5.62. The molecule has 2 heterocycles. The number of nitrogens with two attached hydrogens (primary N) is 1. The number of nitrogen functional groups attached to an aromatic ring is 1. The van der Waals surface area contributed by atoms with Crippen molar-refractivity contribution in [2.45, 2.75) is 13.1 Å². The van der Waals surface area contributed by atoms with Gasteiger partial charge in [0.15, 0.2) is 11.6 Å². The van der Waals surface area contributed by atoms with Crippen molar-refractivity contribution in [1.82, 2.24) is 19.9 Å². The largest absolute Gasteiger partial charge is 0.416 e. The van der Waals surface area contributed by atoms with Crippen molar-refractivity contribution in [2.24, 2.45) is 0 Å². The quantitative estimate of drug-likeness (QED) is 0.358. The molecule has 2 aromatic heterocycles. The van der Waals surface area contributed by atoms with Gasteiger partial charge in [0.05, 0.1) is 5.56 Å². The maximum absolute atomic E-state index is 12.9. The number of aromatic nitrogens is 4. The second-order valence-corrected chi connectivity index (χ2v) is 7.32. The number of halogens is 4. The van der Waals surface area contributed by atoms with Crippen LogP contribution in [0.1, 0.15) is 21.5 Å². The molecule has 168 valence electrons. The van der Waals surface area contributed by atoms with Crippen molar-refractivity contribution in [3.63, 3.8) is 0 Å². The third kappa shape index (κ3) is 4.77. The Hall–Kier alpha value is -3.99. The Balaban J connectivity index is 1.62. The van der Waals surface area contributed by atoms with Gasteiger partial charge < -0.3 is 16.4 Å². The highest BCUT2D eigenvalue weighted by molar-refractivity contribution is 6.28. The molecule has 2 aromatic carbocycles. The smallest absolute Gasteiger partial charge is 0.382 e. The number of anilines is 4. The van der Waals surface area contributed by atoms with E-state index in [9.17, 15) is 18.0 Å². The fourth-order valence-electron chi connectivity index (χ4n) is 3.04.